The highest BCUT2D eigenvalue weighted by molar-refractivity contribution is 6.05. The van der Waals surface area contributed by atoms with Crippen molar-refractivity contribution in [1.29, 1.82) is 0 Å². The first kappa shape index (κ1) is 19.6. The van der Waals surface area contributed by atoms with E-state index >= 15 is 0 Å². The van der Waals surface area contributed by atoms with Crippen LogP contribution in [0, 0.1) is 5.92 Å². The second kappa shape index (κ2) is 8.42. The number of nitrogens with one attached hydrogen (secondary N) is 1. The number of nitrogens with zero attached hydrogens (tertiary/aromatic N) is 1. The lowest BCUT2D eigenvalue weighted by Gasteiger charge is -2.32. The van der Waals surface area contributed by atoms with Crippen molar-refractivity contribution >= 4 is 28.3 Å². The first-order chi connectivity index (χ1) is 15.2. The van der Waals surface area contributed by atoms with Gasteiger partial charge in [-0.2, -0.15) is 0 Å². The SMILES string of the molecule is O=C(Nc1ccc2ccccc2c1)c1cccc(OC2CCN(C(=O)C3CC3)CC2)c1. The molecule has 3 aromatic carbocycles. The van der Waals surface area contributed by atoms with E-state index in [0.717, 1.165) is 55.2 Å². The van der Waals surface area contributed by atoms with Gasteiger partial charge in [0.05, 0.1) is 0 Å². The van der Waals surface area contributed by atoms with Crippen molar-refractivity contribution in [2.24, 2.45) is 5.92 Å². The molecule has 158 valence electrons. The Balaban J connectivity index is 1.20. The first-order valence-corrected chi connectivity index (χ1v) is 11.0. The number of likely N-dealkylation sites (tertiary alicyclic amines) is 1. The highest BCUT2D eigenvalue weighted by Crippen LogP contribution is 2.32. The molecule has 0 aromatic heterocycles. The Morgan fingerprint density at radius 2 is 1.61 bits per heavy atom. The molecule has 3 aromatic rings. The fraction of sp³-hybridized carbons (Fsp3) is 0.308. The minimum Gasteiger partial charge on any atom is -0.490 e. The maximum atomic E-state index is 12.8. The summed E-state index contributed by atoms with van der Waals surface area (Å²) in [6, 6.07) is 21.3. The molecule has 5 heteroatoms. The molecule has 2 fully saturated rings. The number of ether oxygens (including phenoxy) is 1. The highest BCUT2D eigenvalue weighted by atomic mass is 16.5. The molecule has 1 saturated carbocycles. The van der Waals surface area contributed by atoms with Gasteiger partial charge in [0.25, 0.3) is 5.91 Å². The van der Waals surface area contributed by atoms with Crippen molar-refractivity contribution < 1.29 is 14.3 Å². The summed E-state index contributed by atoms with van der Waals surface area (Å²) in [6.45, 7) is 1.50. The van der Waals surface area contributed by atoms with Gasteiger partial charge in [0.15, 0.2) is 0 Å². The molecule has 1 aliphatic carbocycles. The Hall–Kier alpha value is -3.34. The fourth-order valence-corrected chi connectivity index (χ4v) is 4.16. The molecule has 1 heterocycles. The molecule has 2 amide bonds. The number of carbonyl (C=O) groups excluding carboxylic acids is 2. The van der Waals surface area contributed by atoms with E-state index in [2.05, 4.69) is 5.32 Å². The Kier molecular flexibility index (Phi) is 5.33. The number of benzene rings is 3. The van der Waals surface area contributed by atoms with Crippen molar-refractivity contribution in [3.63, 3.8) is 0 Å². The van der Waals surface area contributed by atoms with Crippen molar-refractivity contribution in [1.82, 2.24) is 4.90 Å². The van der Waals surface area contributed by atoms with Crippen LogP contribution in [0.3, 0.4) is 0 Å². The van der Waals surface area contributed by atoms with E-state index in [4.69, 9.17) is 4.74 Å². The lowest BCUT2D eigenvalue weighted by molar-refractivity contribution is -0.134. The van der Waals surface area contributed by atoms with Crippen LogP contribution in [0.2, 0.25) is 0 Å². The maximum Gasteiger partial charge on any atom is 0.255 e. The van der Waals surface area contributed by atoms with E-state index in [1.807, 2.05) is 59.5 Å². The van der Waals surface area contributed by atoms with E-state index in [9.17, 15) is 9.59 Å². The quantitative estimate of drug-likeness (QED) is 0.648. The Morgan fingerprint density at radius 1 is 0.839 bits per heavy atom. The van der Waals surface area contributed by atoms with Crippen LogP contribution in [0.15, 0.2) is 66.7 Å². The lowest BCUT2D eigenvalue weighted by Crippen LogP contribution is -2.42. The second-order valence-corrected chi connectivity index (χ2v) is 8.46. The summed E-state index contributed by atoms with van der Waals surface area (Å²) < 4.78 is 6.14. The van der Waals surface area contributed by atoms with E-state index < -0.39 is 0 Å². The van der Waals surface area contributed by atoms with Gasteiger partial charge in [0.1, 0.15) is 11.9 Å². The summed E-state index contributed by atoms with van der Waals surface area (Å²) in [5, 5.41) is 5.20. The predicted octanol–water partition coefficient (Wildman–Crippen LogP) is 4.87. The van der Waals surface area contributed by atoms with E-state index in [1.165, 1.54) is 0 Å². The second-order valence-electron chi connectivity index (χ2n) is 8.46. The molecule has 5 nitrogen and oxygen atoms in total. The Morgan fingerprint density at radius 3 is 2.39 bits per heavy atom. The number of fused-ring (bicyclic) bond motifs is 1. The van der Waals surface area contributed by atoms with Gasteiger partial charge in [0, 0.05) is 43.1 Å². The number of carbonyl (C=O) groups is 2. The van der Waals surface area contributed by atoms with Crippen LogP contribution in [-0.2, 0) is 4.79 Å². The summed E-state index contributed by atoms with van der Waals surface area (Å²) in [5.74, 6) is 1.12. The molecule has 1 aliphatic heterocycles. The molecule has 1 saturated heterocycles. The third-order valence-electron chi connectivity index (χ3n) is 6.09. The highest BCUT2D eigenvalue weighted by Gasteiger charge is 2.35. The molecule has 5 rings (SSSR count). The zero-order valence-corrected chi connectivity index (χ0v) is 17.4. The summed E-state index contributed by atoms with van der Waals surface area (Å²) in [5.41, 5.74) is 1.33. The average molecular weight is 415 g/mol. The topological polar surface area (TPSA) is 58.6 Å². The smallest absolute Gasteiger partial charge is 0.255 e. The lowest BCUT2D eigenvalue weighted by atomic mass is 10.1. The van der Waals surface area contributed by atoms with E-state index in [-0.39, 0.29) is 17.9 Å². The zero-order valence-electron chi connectivity index (χ0n) is 17.4. The Bertz CT molecular complexity index is 1110. The van der Waals surface area contributed by atoms with Crippen molar-refractivity contribution in [3.05, 3.63) is 72.3 Å². The fourth-order valence-electron chi connectivity index (χ4n) is 4.16. The van der Waals surface area contributed by atoms with Crippen LogP contribution in [0.1, 0.15) is 36.0 Å². The molecule has 2 aliphatic rings. The average Bonchev–Trinajstić information content (AvgIpc) is 3.65. The molecule has 0 atom stereocenters. The zero-order chi connectivity index (χ0) is 21.2. The molecule has 1 N–H and O–H groups in total. The van der Waals surface area contributed by atoms with Crippen LogP contribution < -0.4 is 10.1 Å². The van der Waals surface area contributed by atoms with Gasteiger partial charge >= 0.3 is 0 Å². The predicted molar refractivity (Wildman–Crippen MR) is 121 cm³/mol. The van der Waals surface area contributed by atoms with Crippen molar-refractivity contribution in [3.8, 4) is 5.75 Å². The maximum absolute atomic E-state index is 12.8. The minimum absolute atomic E-state index is 0.0713. The first-order valence-electron chi connectivity index (χ1n) is 11.0. The van der Waals surface area contributed by atoms with Crippen LogP contribution >= 0.6 is 0 Å². The van der Waals surface area contributed by atoms with Crippen LogP contribution in [0.25, 0.3) is 10.8 Å². The normalized spacial score (nSPS) is 16.8. The number of piperidine rings is 1. The summed E-state index contributed by atoms with van der Waals surface area (Å²) in [7, 11) is 0. The standard InChI is InChI=1S/C26H26N2O3/c29-25(27-22-11-10-18-4-1-2-5-20(18)16-22)21-6-3-7-24(17-21)31-23-12-14-28(15-13-23)26(30)19-8-9-19/h1-7,10-11,16-17,19,23H,8-9,12-15H2,(H,27,29). The summed E-state index contributed by atoms with van der Waals surface area (Å²) in [4.78, 5) is 27.0. The van der Waals surface area contributed by atoms with Gasteiger partial charge < -0.3 is 15.0 Å². The molecular formula is C26H26N2O3. The summed E-state index contributed by atoms with van der Waals surface area (Å²) >= 11 is 0. The summed E-state index contributed by atoms with van der Waals surface area (Å²) in [6.07, 6.45) is 3.81. The molecule has 0 bridgehead atoms. The minimum atomic E-state index is -0.161. The van der Waals surface area contributed by atoms with E-state index in [1.54, 1.807) is 12.1 Å². The molecule has 0 radical (unpaired) electrons. The van der Waals surface area contributed by atoms with Gasteiger partial charge in [-0.25, -0.2) is 0 Å². The van der Waals surface area contributed by atoms with Gasteiger partial charge in [-0.05, 0) is 53.9 Å². The molecule has 0 unspecified atom stereocenters. The van der Waals surface area contributed by atoms with Gasteiger partial charge in [-0.3, -0.25) is 9.59 Å². The largest absolute Gasteiger partial charge is 0.490 e. The van der Waals surface area contributed by atoms with Gasteiger partial charge in [0.2, 0.25) is 5.91 Å². The number of amides is 2. The van der Waals surface area contributed by atoms with Gasteiger partial charge in [-0.1, -0.05) is 36.4 Å². The van der Waals surface area contributed by atoms with Crippen LogP contribution in [0.4, 0.5) is 5.69 Å². The van der Waals surface area contributed by atoms with Crippen molar-refractivity contribution in [2.45, 2.75) is 31.8 Å². The van der Waals surface area contributed by atoms with Crippen molar-refractivity contribution in [2.75, 3.05) is 18.4 Å². The number of anilines is 1. The number of rotatable bonds is 5. The van der Waals surface area contributed by atoms with E-state index in [0.29, 0.717) is 17.2 Å². The number of hydrogen-bond donors (Lipinski definition) is 1. The number of hydrogen-bond acceptors (Lipinski definition) is 3. The molecule has 31 heavy (non-hydrogen) atoms. The molecule has 0 spiro atoms. The van der Waals surface area contributed by atoms with Crippen LogP contribution in [0.5, 0.6) is 5.75 Å². The third kappa shape index (κ3) is 4.55. The monoisotopic (exact) mass is 414 g/mol. The van der Waals surface area contributed by atoms with Gasteiger partial charge in [-0.15, -0.1) is 0 Å². The third-order valence-corrected chi connectivity index (χ3v) is 6.09. The Labute approximate surface area is 182 Å². The van der Waals surface area contributed by atoms with Crippen LogP contribution in [-0.4, -0.2) is 35.9 Å². The molecular weight excluding hydrogens is 388 g/mol.